The number of halogens is 3. The number of alkyl halides is 3. The first-order valence-corrected chi connectivity index (χ1v) is 6.87. The zero-order valence-corrected chi connectivity index (χ0v) is 11.8. The van der Waals surface area contributed by atoms with Gasteiger partial charge in [0.15, 0.2) is 0 Å². The predicted molar refractivity (Wildman–Crippen MR) is 71.8 cm³/mol. The molecule has 1 fully saturated rings. The Hall–Kier alpha value is -1.23. The van der Waals surface area contributed by atoms with Crippen molar-refractivity contribution in [3.8, 4) is 5.75 Å². The second kappa shape index (κ2) is 6.04. The lowest BCUT2D eigenvalue weighted by atomic mass is 9.81. The third-order valence-corrected chi connectivity index (χ3v) is 3.94. The fraction of sp³-hybridized carbons (Fsp3) is 0.600. The lowest BCUT2D eigenvalue weighted by Gasteiger charge is -2.33. The fourth-order valence-corrected chi connectivity index (χ4v) is 2.90. The molecule has 1 aromatic rings. The molecule has 1 aliphatic rings. The lowest BCUT2D eigenvalue weighted by molar-refractivity contribution is -0.274. The molecule has 5 heteroatoms. The van der Waals surface area contributed by atoms with E-state index in [1.165, 1.54) is 12.1 Å². The normalized spacial score (nSPS) is 23.9. The highest BCUT2D eigenvalue weighted by molar-refractivity contribution is 5.31. The van der Waals surface area contributed by atoms with Gasteiger partial charge in [0.25, 0.3) is 0 Å². The maximum Gasteiger partial charge on any atom is 0.573 e. The number of rotatable bonds is 3. The molecule has 0 aromatic heterocycles. The minimum Gasteiger partial charge on any atom is -0.406 e. The van der Waals surface area contributed by atoms with Crippen molar-refractivity contribution in [2.75, 3.05) is 14.1 Å². The van der Waals surface area contributed by atoms with Gasteiger partial charge in [0, 0.05) is 6.04 Å². The quantitative estimate of drug-likeness (QED) is 0.827. The van der Waals surface area contributed by atoms with Crippen molar-refractivity contribution in [2.24, 2.45) is 0 Å². The Morgan fingerprint density at radius 3 is 2.60 bits per heavy atom. The summed E-state index contributed by atoms with van der Waals surface area (Å²) >= 11 is 0. The molecule has 0 aliphatic heterocycles. The summed E-state index contributed by atoms with van der Waals surface area (Å²) in [6.07, 6.45) is -0.347. The van der Waals surface area contributed by atoms with Gasteiger partial charge in [-0.05, 0) is 57.0 Å². The van der Waals surface area contributed by atoms with Crippen molar-refractivity contribution >= 4 is 0 Å². The Morgan fingerprint density at radius 1 is 1.20 bits per heavy atom. The molecule has 2 atom stereocenters. The van der Waals surface area contributed by atoms with Crippen LogP contribution < -0.4 is 4.74 Å². The SMILES string of the molecule is CN(C)C1CCCC(c2cccc(OC(F)(F)F)c2)C1. The molecule has 0 saturated heterocycles. The summed E-state index contributed by atoms with van der Waals surface area (Å²) in [5, 5.41) is 0. The molecule has 0 amide bonds. The van der Waals surface area contributed by atoms with Crippen molar-refractivity contribution in [3.63, 3.8) is 0 Å². The Bertz CT molecular complexity index is 445. The smallest absolute Gasteiger partial charge is 0.406 e. The third-order valence-electron chi connectivity index (χ3n) is 3.94. The lowest BCUT2D eigenvalue weighted by Crippen LogP contribution is -2.32. The van der Waals surface area contributed by atoms with E-state index < -0.39 is 6.36 Å². The van der Waals surface area contributed by atoms with Crippen LogP contribution in [0.15, 0.2) is 24.3 Å². The third kappa shape index (κ3) is 4.13. The van der Waals surface area contributed by atoms with Gasteiger partial charge in [0.1, 0.15) is 5.75 Å². The van der Waals surface area contributed by atoms with E-state index in [1.807, 2.05) is 6.07 Å². The summed E-state index contributed by atoms with van der Waals surface area (Å²) in [6, 6.07) is 6.90. The molecule has 1 saturated carbocycles. The van der Waals surface area contributed by atoms with Crippen molar-refractivity contribution in [1.82, 2.24) is 4.90 Å². The number of ether oxygens (including phenoxy) is 1. The summed E-state index contributed by atoms with van der Waals surface area (Å²) in [6.45, 7) is 0. The van der Waals surface area contributed by atoms with Crippen LogP contribution in [0.4, 0.5) is 13.2 Å². The molecule has 0 radical (unpaired) electrons. The monoisotopic (exact) mass is 287 g/mol. The number of nitrogens with zero attached hydrogens (tertiary/aromatic N) is 1. The maximum atomic E-state index is 12.3. The highest BCUT2D eigenvalue weighted by atomic mass is 19.4. The number of hydrogen-bond acceptors (Lipinski definition) is 2. The summed E-state index contributed by atoms with van der Waals surface area (Å²) in [4.78, 5) is 2.20. The van der Waals surface area contributed by atoms with E-state index in [4.69, 9.17) is 0 Å². The summed E-state index contributed by atoms with van der Waals surface area (Å²) < 4.78 is 40.8. The zero-order chi connectivity index (χ0) is 14.8. The summed E-state index contributed by atoms with van der Waals surface area (Å²) in [7, 11) is 4.10. The van der Waals surface area contributed by atoms with Gasteiger partial charge in [-0.2, -0.15) is 0 Å². The first kappa shape index (κ1) is 15.2. The van der Waals surface area contributed by atoms with Crippen LogP contribution in [-0.2, 0) is 0 Å². The molecule has 0 heterocycles. The second-order valence-corrected chi connectivity index (χ2v) is 5.60. The van der Waals surface area contributed by atoms with Crippen LogP contribution in [0.1, 0.15) is 37.2 Å². The fourth-order valence-electron chi connectivity index (χ4n) is 2.90. The standard InChI is InChI=1S/C15H20F3NO/c1-19(2)13-7-3-5-11(9-13)12-6-4-8-14(10-12)20-15(16,17)18/h4,6,8,10-11,13H,3,5,7,9H2,1-2H3. The van der Waals surface area contributed by atoms with Crippen LogP contribution in [-0.4, -0.2) is 31.4 Å². The highest BCUT2D eigenvalue weighted by Gasteiger charge is 2.31. The largest absolute Gasteiger partial charge is 0.573 e. The topological polar surface area (TPSA) is 12.5 Å². The van der Waals surface area contributed by atoms with Crippen molar-refractivity contribution in [1.29, 1.82) is 0 Å². The van der Waals surface area contributed by atoms with E-state index in [0.717, 1.165) is 31.2 Å². The van der Waals surface area contributed by atoms with Crippen LogP contribution >= 0.6 is 0 Å². The molecule has 2 unspecified atom stereocenters. The molecule has 20 heavy (non-hydrogen) atoms. The van der Waals surface area contributed by atoms with Gasteiger partial charge in [-0.1, -0.05) is 18.6 Å². The van der Waals surface area contributed by atoms with Crippen LogP contribution in [0.2, 0.25) is 0 Å². The molecule has 0 bridgehead atoms. The summed E-state index contributed by atoms with van der Waals surface area (Å²) in [5.74, 6) is 0.190. The zero-order valence-electron chi connectivity index (χ0n) is 11.8. The van der Waals surface area contributed by atoms with E-state index in [0.29, 0.717) is 12.0 Å². The van der Waals surface area contributed by atoms with E-state index in [-0.39, 0.29) is 5.75 Å². The second-order valence-electron chi connectivity index (χ2n) is 5.60. The van der Waals surface area contributed by atoms with Gasteiger partial charge in [0.05, 0.1) is 0 Å². The van der Waals surface area contributed by atoms with E-state index >= 15 is 0 Å². The van der Waals surface area contributed by atoms with Crippen LogP contribution in [0.25, 0.3) is 0 Å². The molecule has 2 nitrogen and oxygen atoms in total. The van der Waals surface area contributed by atoms with Crippen LogP contribution in [0.5, 0.6) is 5.75 Å². The van der Waals surface area contributed by atoms with Crippen molar-refractivity contribution < 1.29 is 17.9 Å². The van der Waals surface area contributed by atoms with Crippen molar-refractivity contribution in [2.45, 2.75) is 44.0 Å². The van der Waals surface area contributed by atoms with E-state index in [1.54, 1.807) is 6.07 Å². The Kier molecular flexibility index (Phi) is 4.58. The number of hydrogen-bond donors (Lipinski definition) is 0. The van der Waals surface area contributed by atoms with Crippen LogP contribution in [0, 0.1) is 0 Å². The van der Waals surface area contributed by atoms with Gasteiger partial charge >= 0.3 is 6.36 Å². The van der Waals surface area contributed by atoms with E-state index in [9.17, 15) is 13.2 Å². The molecule has 0 N–H and O–H groups in total. The first-order chi connectivity index (χ1) is 9.35. The number of benzene rings is 1. The maximum absolute atomic E-state index is 12.3. The molecular formula is C15H20F3NO. The predicted octanol–water partition coefficient (Wildman–Crippen LogP) is 4.17. The molecule has 112 valence electrons. The minimum absolute atomic E-state index is 0.123. The Labute approximate surface area is 117 Å². The van der Waals surface area contributed by atoms with Gasteiger partial charge in [-0.25, -0.2) is 0 Å². The van der Waals surface area contributed by atoms with Gasteiger partial charge < -0.3 is 9.64 Å². The van der Waals surface area contributed by atoms with Crippen LogP contribution in [0.3, 0.4) is 0 Å². The first-order valence-electron chi connectivity index (χ1n) is 6.87. The van der Waals surface area contributed by atoms with Gasteiger partial charge in [0.2, 0.25) is 0 Å². The molecule has 1 aromatic carbocycles. The van der Waals surface area contributed by atoms with E-state index in [2.05, 4.69) is 23.7 Å². The van der Waals surface area contributed by atoms with Gasteiger partial charge in [-0.15, -0.1) is 13.2 Å². The summed E-state index contributed by atoms with van der Waals surface area (Å²) in [5.41, 5.74) is 0.943. The van der Waals surface area contributed by atoms with Crippen molar-refractivity contribution in [3.05, 3.63) is 29.8 Å². The Balaban J connectivity index is 2.10. The average molecular weight is 287 g/mol. The average Bonchev–Trinajstić information content (AvgIpc) is 2.37. The molecule has 0 spiro atoms. The highest BCUT2D eigenvalue weighted by Crippen LogP contribution is 2.36. The van der Waals surface area contributed by atoms with Gasteiger partial charge in [-0.3, -0.25) is 0 Å². The Morgan fingerprint density at radius 2 is 1.95 bits per heavy atom. The molecular weight excluding hydrogens is 267 g/mol. The molecule has 1 aliphatic carbocycles. The molecule has 2 rings (SSSR count). The minimum atomic E-state index is -4.63.